The summed E-state index contributed by atoms with van der Waals surface area (Å²) in [6, 6.07) is 3.46. The molecule has 2 rings (SSSR count). The zero-order valence-corrected chi connectivity index (χ0v) is 12.4. The molecule has 0 aliphatic carbocycles. The van der Waals surface area contributed by atoms with Gasteiger partial charge in [-0.15, -0.1) is 0 Å². The van der Waals surface area contributed by atoms with Crippen molar-refractivity contribution < 1.29 is 9.53 Å². The lowest BCUT2D eigenvalue weighted by atomic mass is 9.97. The Balaban J connectivity index is 1.88. The van der Waals surface area contributed by atoms with E-state index in [2.05, 4.69) is 9.88 Å². The fraction of sp³-hybridized carbons (Fsp3) is 0.571. The lowest BCUT2D eigenvalue weighted by molar-refractivity contribution is -0.149. The van der Waals surface area contributed by atoms with Crippen molar-refractivity contribution in [1.29, 1.82) is 0 Å². The summed E-state index contributed by atoms with van der Waals surface area (Å²) in [4.78, 5) is 18.2. The third-order valence-corrected chi connectivity index (χ3v) is 3.87. The maximum absolute atomic E-state index is 11.7. The van der Waals surface area contributed by atoms with Crippen molar-refractivity contribution in [2.75, 3.05) is 25.4 Å². The van der Waals surface area contributed by atoms with Crippen LogP contribution in [-0.4, -0.2) is 35.5 Å². The van der Waals surface area contributed by atoms with Gasteiger partial charge in [-0.1, -0.05) is 11.6 Å². The Hall–Kier alpha value is -1.33. The van der Waals surface area contributed by atoms with Crippen LogP contribution in [0.5, 0.6) is 0 Å². The van der Waals surface area contributed by atoms with E-state index >= 15 is 0 Å². The highest BCUT2D eigenvalue weighted by Crippen LogP contribution is 2.22. The van der Waals surface area contributed by atoms with Gasteiger partial charge in [-0.2, -0.15) is 0 Å². The molecule has 6 heteroatoms. The van der Waals surface area contributed by atoms with E-state index in [1.807, 2.05) is 6.92 Å². The third kappa shape index (κ3) is 3.84. The van der Waals surface area contributed by atoms with E-state index in [0.29, 0.717) is 24.0 Å². The van der Waals surface area contributed by atoms with E-state index in [0.717, 1.165) is 31.6 Å². The number of halogens is 1. The Kier molecular flexibility index (Phi) is 5.20. The first-order valence-electron chi connectivity index (χ1n) is 6.90. The molecule has 0 spiro atoms. The number of aromatic nitrogens is 1. The number of rotatable bonds is 4. The van der Waals surface area contributed by atoms with Gasteiger partial charge < -0.3 is 10.5 Å². The Morgan fingerprint density at radius 3 is 2.85 bits per heavy atom. The SMILES string of the molecule is CCOC(=O)C1CCN(Cc2nc(N)ccc2Cl)CC1. The first kappa shape index (κ1) is 15.1. The first-order chi connectivity index (χ1) is 9.60. The maximum Gasteiger partial charge on any atom is 0.309 e. The Bertz CT molecular complexity index is 473. The van der Waals surface area contributed by atoms with Crippen LogP contribution in [0.2, 0.25) is 5.02 Å². The number of piperidine rings is 1. The number of nitrogen functional groups attached to an aromatic ring is 1. The van der Waals surface area contributed by atoms with Gasteiger partial charge in [0.2, 0.25) is 0 Å². The second-order valence-corrected chi connectivity index (χ2v) is 5.37. The molecule has 1 fully saturated rings. The van der Waals surface area contributed by atoms with Crippen molar-refractivity contribution in [3.05, 3.63) is 22.8 Å². The van der Waals surface area contributed by atoms with E-state index < -0.39 is 0 Å². The van der Waals surface area contributed by atoms with Crippen molar-refractivity contribution in [2.24, 2.45) is 5.92 Å². The number of esters is 1. The zero-order valence-electron chi connectivity index (χ0n) is 11.6. The number of hydrogen-bond donors (Lipinski definition) is 1. The van der Waals surface area contributed by atoms with Crippen LogP contribution in [0, 0.1) is 5.92 Å². The molecule has 0 radical (unpaired) electrons. The van der Waals surface area contributed by atoms with Gasteiger partial charge >= 0.3 is 5.97 Å². The summed E-state index contributed by atoms with van der Waals surface area (Å²) in [5, 5.41) is 0.631. The average Bonchev–Trinajstić information content (AvgIpc) is 2.44. The van der Waals surface area contributed by atoms with E-state index in [9.17, 15) is 4.79 Å². The summed E-state index contributed by atoms with van der Waals surface area (Å²) in [6.07, 6.45) is 1.64. The molecule has 0 unspecified atom stereocenters. The average molecular weight is 298 g/mol. The number of hydrogen-bond acceptors (Lipinski definition) is 5. The summed E-state index contributed by atoms with van der Waals surface area (Å²) in [6.45, 7) is 4.63. The van der Waals surface area contributed by atoms with Crippen LogP contribution >= 0.6 is 11.6 Å². The smallest absolute Gasteiger partial charge is 0.309 e. The lowest BCUT2D eigenvalue weighted by Crippen LogP contribution is -2.36. The molecule has 1 aliphatic rings. The fourth-order valence-electron chi connectivity index (χ4n) is 2.41. The minimum atomic E-state index is -0.0766. The lowest BCUT2D eigenvalue weighted by Gasteiger charge is -2.30. The van der Waals surface area contributed by atoms with Crippen LogP contribution < -0.4 is 5.73 Å². The molecule has 110 valence electrons. The number of carbonyl (C=O) groups is 1. The highest BCUT2D eigenvalue weighted by Gasteiger charge is 2.26. The van der Waals surface area contributed by atoms with Crippen molar-refractivity contribution in [3.8, 4) is 0 Å². The fourth-order valence-corrected chi connectivity index (χ4v) is 2.58. The molecular formula is C14H20ClN3O2. The molecule has 0 atom stereocenters. The molecule has 20 heavy (non-hydrogen) atoms. The number of likely N-dealkylation sites (tertiary alicyclic amines) is 1. The predicted octanol–water partition coefficient (Wildman–Crippen LogP) is 2.09. The monoisotopic (exact) mass is 297 g/mol. The number of anilines is 1. The van der Waals surface area contributed by atoms with E-state index in [1.54, 1.807) is 12.1 Å². The van der Waals surface area contributed by atoms with Crippen molar-refractivity contribution >= 4 is 23.4 Å². The van der Waals surface area contributed by atoms with Crippen LogP contribution in [0.4, 0.5) is 5.82 Å². The molecule has 1 aromatic rings. The summed E-state index contributed by atoms with van der Waals surface area (Å²) < 4.78 is 5.06. The number of ether oxygens (including phenoxy) is 1. The second-order valence-electron chi connectivity index (χ2n) is 4.97. The van der Waals surface area contributed by atoms with Gasteiger partial charge in [0.15, 0.2) is 0 Å². The van der Waals surface area contributed by atoms with Crippen LogP contribution in [0.3, 0.4) is 0 Å². The summed E-state index contributed by atoms with van der Waals surface area (Å²) in [5.41, 5.74) is 6.47. The van der Waals surface area contributed by atoms with Crippen molar-refractivity contribution in [1.82, 2.24) is 9.88 Å². The highest BCUT2D eigenvalue weighted by molar-refractivity contribution is 6.31. The molecule has 0 saturated carbocycles. The van der Waals surface area contributed by atoms with Crippen LogP contribution in [0.25, 0.3) is 0 Å². The molecule has 5 nitrogen and oxygen atoms in total. The highest BCUT2D eigenvalue weighted by atomic mass is 35.5. The van der Waals surface area contributed by atoms with Crippen molar-refractivity contribution in [2.45, 2.75) is 26.3 Å². The summed E-state index contributed by atoms with van der Waals surface area (Å²) >= 11 is 6.12. The molecule has 0 bridgehead atoms. The first-order valence-corrected chi connectivity index (χ1v) is 7.27. The Morgan fingerprint density at radius 2 is 2.20 bits per heavy atom. The van der Waals surface area contributed by atoms with E-state index in [4.69, 9.17) is 22.1 Å². The van der Waals surface area contributed by atoms with Crippen LogP contribution in [0.15, 0.2) is 12.1 Å². The van der Waals surface area contributed by atoms with Crippen LogP contribution in [-0.2, 0) is 16.1 Å². The zero-order chi connectivity index (χ0) is 14.5. The Morgan fingerprint density at radius 1 is 1.50 bits per heavy atom. The third-order valence-electron chi connectivity index (χ3n) is 3.52. The molecule has 1 saturated heterocycles. The standard InChI is InChI=1S/C14H20ClN3O2/c1-2-20-14(19)10-5-7-18(8-6-10)9-12-11(15)3-4-13(16)17-12/h3-4,10H,2,5-9H2,1H3,(H2,16,17). The van der Waals surface area contributed by atoms with E-state index in [-0.39, 0.29) is 11.9 Å². The summed E-state index contributed by atoms with van der Waals surface area (Å²) in [5.74, 6) is 0.425. The summed E-state index contributed by atoms with van der Waals surface area (Å²) in [7, 11) is 0. The Labute approximate surface area is 124 Å². The normalized spacial score (nSPS) is 17.1. The molecule has 0 amide bonds. The molecule has 2 heterocycles. The molecule has 1 aliphatic heterocycles. The van der Waals surface area contributed by atoms with Gasteiger partial charge in [0.05, 0.1) is 23.2 Å². The topological polar surface area (TPSA) is 68.5 Å². The van der Waals surface area contributed by atoms with Gasteiger partial charge in [0, 0.05) is 6.54 Å². The molecule has 0 aromatic carbocycles. The van der Waals surface area contributed by atoms with Gasteiger partial charge in [-0.25, -0.2) is 4.98 Å². The minimum Gasteiger partial charge on any atom is -0.466 e. The molecule has 1 aromatic heterocycles. The number of carbonyl (C=O) groups excluding carboxylic acids is 1. The van der Waals surface area contributed by atoms with Crippen molar-refractivity contribution in [3.63, 3.8) is 0 Å². The quantitative estimate of drug-likeness (QED) is 0.862. The second kappa shape index (κ2) is 6.90. The number of pyridine rings is 1. The largest absolute Gasteiger partial charge is 0.466 e. The van der Waals surface area contributed by atoms with Gasteiger partial charge in [-0.05, 0) is 45.0 Å². The maximum atomic E-state index is 11.7. The number of nitrogens with two attached hydrogens (primary N) is 1. The van der Waals surface area contributed by atoms with Gasteiger partial charge in [-0.3, -0.25) is 9.69 Å². The van der Waals surface area contributed by atoms with Crippen LogP contribution in [0.1, 0.15) is 25.5 Å². The minimum absolute atomic E-state index is 0.0236. The van der Waals surface area contributed by atoms with Gasteiger partial charge in [0.25, 0.3) is 0 Å². The molecular weight excluding hydrogens is 278 g/mol. The predicted molar refractivity (Wildman–Crippen MR) is 78.3 cm³/mol. The van der Waals surface area contributed by atoms with E-state index in [1.165, 1.54) is 0 Å². The number of nitrogens with zero attached hydrogens (tertiary/aromatic N) is 2. The molecule has 2 N–H and O–H groups in total. The van der Waals surface area contributed by atoms with Gasteiger partial charge in [0.1, 0.15) is 5.82 Å².